The van der Waals surface area contributed by atoms with Gasteiger partial charge in [-0.05, 0) is 17.7 Å². The van der Waals surface area contributed by atoms with Gasteiger partial charge in [0.1, 0.15) is 4.33 Å². The summed E-state index contributed by atoms with van der Waals surface area (Å²) in [5, 5.41) is 4.03. The molecule has 1 saturated carbocycles. The Morgan fingerprint density at radius 2 is 1.76 bits per heavy atom. The fourth-order valence-corrected chi connectivity index (χ4v) is 3.60. The molecule has 4 nitrogen and oxygen atoms in total. The lowest BCUT2D eigenvalue weighted by molar-refractivity contribution is -0.119. The van der Waals surface area contributed by atoms with Crippen LogP contribution < -0.4 is 10.3 Å². The number of nitrogens with one attached hydrogen (secondary N) is 1. The zero-order chi connectivity index (χ0) is 17.9. The smallest absolute Gasteiger partial charge is 0.259 e. The number of amides is 1. The fraction of sp³-hybridized carbons (Fsp3) is 0.263. The zero-order valence-corrected chi connectivity index (χ0v) is 15.3. The van der Waals surface area contributed by atoms with Gasteiger partial charge in [0.2, 0.25) is 0 Å². The van der Waals surface area contributed by atoms with Crippen LogP contribution in [-0.4, -0.2) is 30.0 Å². The lowest BCUT2D eigenvalue weighted by atomic mass is 10.1. The van der Waals surface area contributed by atoms with Gasteiger partial charge in [0.15, 0.2) is 0 Å². The summed E-state index contributed by atoms with van der Waals surface area (Å²) in [4.78, 5) is 13.9. The van der Waals surface area contributed by atoms with Crippen LogP contribution in [-0.2, 0) is 4.79 Å². The van der Waals surface area contributed by atoms with Gasteiger partial charge in [-0.1, -0.05) is 48.5 Å². The van der Waals surface area contributed by atoms with Gasteiger partial charge >= 0.3 is 0 Å². The van der Waals surface area contributed by atoms with Crippen LogP contribution in [0.5, 0.6) is 0 Å². The molecule has 0 radical (unpaired) electrons. The minimum absolute atomic E-state index is 0.00956. The van der Waals surface area contributed by atoms with Crippen molar-refractivity contribution in [1.82, 2.24) is 5.43 Å². The number of anilines is 1. The van der Waals surface area contributed by atoms with Gasteiger partial charge in [0.05, 0.1) is 6.54 Å². The fourth-order valence-electron chi connectivity index (χ4n) is 2.84. The molecule has 2 atom stereocenters. The van der Waals surface area contributed by atoms with E-state index in [-0.39, 0.29) is 24.3 Å². The van der Waals surface area contributed by atoms with Crippen LogP contribution in [0.4, 0.5) is 5.69 Å². The Balaban J connectivity index is 1.52. The second-order valence-corrected chi connectivity index (χ2v) is 7.54. The van der Waals surface area contributed by atoms with Gasteiger partial charge in [-0.25, -0.2) is 5.43 Å². The number of benzene rings is 2. The van der Waals surface area contributed by atoms with Crippen molar-refractivity contribution >= 4 is 41.0 Å². The predicted octanol–water partition coefficient (Wildman–Crippen LogP) is 3.81. The third-order valence-electron chi connectivity index (χ3n) is 4.27. The standard InChI is InChI=1S/C19H19Cl2N3O/c1-24(15-10-6-3-7-11-15)13-17(25)23-22-12-16-18(19(16,20)21)14-8-4-2-5-9-14/h2-12,16,18H,13H2,1H3,(H,23,25). The third kappa shape index (κ3) is 4.14. The number of carbonyl (C=O) groups is 1. The van der Waals surface area contributed by atoms with E-state index in [1.165, 1.54) is 0 Å². The first kappa shape index (κ1) is 17.8. The molecule has 1 amide bonds. The highest BCUT2D eigenvalue weighted by Gasteiger charge is 2.63. The molecule has 1 N–H and O–H groups in total. The number of para-hydroxylation sites is 1. The summed E-state index contributed by atoms with van der Waals surface area (Å²) in [6, 6.07) is 19.5. The van der Waals surface area contributed by atoms with Crippen LogP contribution >= 0.6 is 23.2 Å². The second kappa shape index (κ2) is 7.46. The van der Waals surface area contributed by atoms with Gasteiger partial charge in [-0.15, -0.1) is 23.2 Å². The average molecular weight is 376 g/mol. The Bertz CT molecular complexity index is 750. The number of nitrogens with zero attached hydrogens (tertiary/aromatic N) is 2. The Morgan fingerprint density at radius 3 is 2.40 bits per heavy atom. The molecule has 0 heterocycles. The van der Waals surface area contributed by atoms with E-state index in [1.807, 2.05) is 72.6 Å². The molecule has 0 saturated heterocycles. The molecule has 1 aliphatic rings. The largest absolute Gasteiger partial charge is 0.365 e. The van der Waals surface area contributed by atoms with E-state index < -0.39 is 4.33 Å². The number of hydrogen-bond acceptors (Lipinski definition) is 3. The predicted molar refractivity (Wildman–Crippen MR) is 103 cm³/mol. The SMILES string of the molecule is CN(CC(=O)NN=CC1C(c2ccccc2)C1(Cl)Cl)c1ccccc1. The lowest BCUT2D eigenvalue weighted by Gasteiger charge is -2.17. The van der Waals surface area contributed by atoms with Crippen molar-refractivity contribution in [3.05, 3.63) is 66.2 Å². The van der Waals surface area contributed by atoms with Crippen LogP contribution in [0.25, 0.3) is 0 Å². The molecular weight excluding hydrogens is 357 g/mol. The Labute approximate surface area is 157 Å². The molecule has 130 valence electrons. The Morgan fingerprint density at radius 1 is 1.16 bits per heavy atom. The summed E-state index contributed by atoms with van der Waals surface area (Å²) in [6.07, 6.45) is 1.62. The van der Waals surface area contributed by atoms with E-state index >= 15 is 0 Å². The van der Waals surface area contributed by atoms with Crippen molar-refractivity contribution in [3.63, 3.8) is 0 Å². The normalized spacial score (nSPS) is 21.1. The van der Waals surface area contributed by atoms with E-state index in [0.29, 0.717) is 0 Å². The van der Waals surface area contributed by atoms with Crippen molar-refractivity contribution in [2.75, 3.05) is 18.5 Å². The zero-order valence-electron chi connectivity index (χ0n) is 13.8. The number of alkyl halides is 2. The maximum absolute atomic E-state index is 12.0. The van der Waals surface area contributed by atoms with Crippen LogP contribution in [0.3, 0.4) is 0 Å². The van der Waals surface area contributed by atoms with E-state index in [0.717, 1.165) is 11.3 Å². The van der Waals surface area contributed by atoms with Crippen LogP contribution in [0.2, 0.25) is 0 Å². The van der Waals surface area contributed by atoms with Gasteiger partial charge in [-0.2, -0.15) is 5.10 Å². The monoisotopic (exact) mass is 375 g/mol. The van der Waals surface area contributed by atoms with Crippen LogP contribution in [0.1, 0.15) is 11.5 Å². The van der Waals surface area contributed by atoms with Crippen LogP contribution in [0, 0.1) is 5.92 Å². The molecule has 25 heavy (non-hydrogen) atoms. The molecule has 3 rings (SSSR count). The van der Waals surface area contributed by atoms with Crippen molar-refractivity contribution in [2.24, 2.45) is 11.0 Å². The Hall–Kier alpha value is -2.04. The first-order chi connectivity index (χ1) is 12.0. The van der Waals surface area contributed by atoms with Crippen molar-refractivity contribution < 1.29 is 4.79 Å². The molecule has 2 aromatic carbocycles. The maximum Gasteiger partial charge on any atom is 0.259 e. The lowest BCUT2D eigenvalue weighted by Crippen LogP contribution is -2.32. The molecule has 2 aromatic rings. The van der Waals surface area contributed by atoms with Gasteiger partial charge < -0.3 is 4.90 Å². The maximum atomic E-state index is 12.0. The van der Waals surface area contributed by atoms with Crippen molar-refractivity contribution in [2.45, 2.75) is 10.3 Å². The second-order valence-electron chi connectivity index (χ2n) is 6.09. The molecule has 0 bridgehead atoms. The molecule has 2 unspecified atom stereocenters. The van der Waals surface area contributed by atoms with Gasteiger partial charge in [-0.3, -0.25) is 4.79 Å². The molecule has 0 spiro atoms. The number of hydrogen-bond donors (Lipinski definition) is 1. The molecule has 1 fully saturated rings. The topological polar surface area (TPSA) is 44.7 Å². The highest BCUT2D eigenvalue weighted by molar-refractivity contribution is 6.53. The quantitative estimate of drug-likeness (QED) is 0.473. The molecular formula is C19H19Cl2N3O. The summed E-state index contributed by atoms with van der Waals surface area (Å²) in [7, 11) is 1.85. The van der Waals surface area contributed by atoms with E-state index in [2.05, 4.69) is 10.5 Å². The summed E-state index contributed by atoms with van der Waals surface area (Å²) >= 11 is 12.7. The molecule has 6 heteroatoms. The van der Waals surface area contributed by atoms with Gasteiger partial charge in [0, 0.05) is 30.8 Å². The number of likely N-dealkylation sites (N-methyl/N-ethyl adjacent to an activating group) is 1. The van der Waals surface area contributed by atoms with Gasteiger partial charge in [0.25, 0.3) is 5.91 Å². The third-order valence-corrected chi connectivity index (χ3v) is 5.24. The first-order valence-electron chi connectivity index (χ1n) is 8.01. The molecule has 0 aromatic heterocycles. The minimum Gasteiger partial charge on any atom is -0.365 e. The average Bonchev–Trinajstić information content (AvgIpc) is 3.17. The number of rotatable bonds is 6. The highest BCUT2D eigenvalue weighted by Crippen LogP contribution is 2.63. The summed E-state index contributed by atoms with van der Waals surface area (Å²) < 4.78 is -0.879. The molecule has 0 aliphatic heterocycles. The van der Waals surface area contributed by atoms with E-state index in [1.54, 1.807) is 6.21 Å². The Kier molecular flexibility index (Phi) is 5.30. The van der Waals surface area contributed by atoms with Crippen molar-refractivity contribution in [3.8, 4) is 0 Å². The molecule has 1 aliphatic carbocycles. The first-order valence-corrected chi connectivity index (χ1v) is 8.76. The number of hydrazone groups is 1. The van der Waals surface area contributed by atoms with E-state index in [4.69, 9.17) is 23.2 Å². The summed E-state index contributed by atoms with van der Waals surface area (Å²) in [5.74, 6) is -0.329. The summed E-state index contributed by atoms with van der Waals surface area (Å²) in [5.41, 5.74) is 4.57. The van der Waals surface area contributed by atoms with Crippen molar-refractivity contribution in [1.29, 1.82) is 0 Å². The number of carbonyl (C=O) groups excluding carboxylic acids is 1. The number of halogens is 2. The highest BCUT2D eigenvalue weighted by atomic mass is 35.5. The summed E-state index contributed by atoms with van der Waals surface area (Å²) in [6.45, 7) is 0.209. The van der Waals surface area contributed by atoms with Crippen LogP contribution in [0.15, 0.2) is 65.8 Å². The van der Waals surface area contributed by atoms with E-state index in [9.17, 15) is 4.79 Å². The minimum atomic E-state index is -0.879.